The molecule has 0 atom stereocenters. The van der Waals surface area contributed by atoms with Gasteiger partial charge >= 0.3 is 0 Å². The smallest absolute Gasteiger partial charge is 0.176 e. The molecule has 4 rings (SSSR count). The number of aryl methyl sites for hydroxylation is 2. The summed E-state index contributed by atoms with van der Waals surface area (Å²) in [6.07, 6.45) is 7.44. The molecule has 4 aromatic rings. The summed E-state index contributed by atoms with van der Waals surface area (Å²) in [7, 11) is 1.97. The van der Waals surface area contributed by atoms with E-state index < -0.39 is 0 Å². The lowest BCUT2D eigenvalue weighted by atomic mass is 10.1. The van der Waals surface area contributed by atoms with Crippen LogP contribution >= 0.6 is 0 Å². The highest BCUT2D eigenvalue weighted by Gasteiger charge is 2.15. The number of benzene rings is 1. The van der Waals surface area contributed by atoms with Crippen LogP contribution in [0.25, 0.3) is 22.6 Å². The van der Waals surface area contributed by atoms with Crippen molar-refractivity contribution in [1.82, 2.24) is 19.1 Å². The molecule has 3 aromatic heterocycles. The van der Waals surface area contributed by atoms with Gasteiger partial charge in [-0.25, -0.2) is 9.97 Å². The number of hydrogen-bond acceptors (Lipinski definition) is 3. The molecule has 0 aliphatic heterocycles. The predicted octanol–water partition coefficient (Wildman–Crippen LogP) is 3.39. The molecule has 0 saturated carbocycles. The molecule has 0 spiro atoms. The van der Waals surface area contributed by atoms with Gasteiger partial charge in [0.15, 0.2) is 11.6 Å². The van der Waals surface area contributed by atoms with E-state index in [0.29, 0.717) is 6.54 Å². The van der Waals surface area contributed by atoms with Gasteiger partial charge in [0.2, 0.25) is 0 Å². The maximum absolute atomic E-state index is 6.00. The van der Waals surface area contributed by atoms with E-state index in [0.717, 1.165) is 28.4 Å². The number of imidazole rings is 2. The zero-order chi connectivity index (χ0) is 15.1. The molecule has 0 aliphatic rings. The molecule has 110 valence electrons. The van der Waals surface area contributed by atoms with Crippen molar-refractivity contribution in [2.75, 3.05) is 0 Å². The zero-order valence-corrected chi connectivity index (χ0v) is 12.5. The van der Waals surface area contributed by atoms with Gasteiger partial charge in [-0.1, -0.05) is 18.2 Å². The maximum atomic E-state index is 6.00. The third kappa shape index (κ3) is 1.94. The van der Waals surface area contributed by atoms with Crippen LogP contribution in [0.4, 0.5) is 0 Å². The van der Waals surface area contributed by atoms with E-state index in [1.807, 2.05) is 42.2 Å². The van der Waals surface area contributed by atoms with Crippen molar-refractivity contribution in [2.24, 2.45) is 7.05 Å². The van der Waals surface area contributed by atoms with Crippen molar-refractivity contribution in [2.45, 2.75) is 13.5 Å². The molecule has 0 bridgehead atoms. The van der Waals surface area contributed by atoms with E-state index in [9.17, 15) is 0 Å². The molecule has 0 fully saturated rings. The Morgan fingerprint density at radius 2 is 1.82 bits per heavy atom. The standard InChI is InChI=1S/C17H16N4O/c1-12-13-5-3-4-6-14(13)22-15(12)11-21-10-8-19-17(21)16-18-7-9-20(16)2/h3-10H,11H2,1-2H3. The molecule has 22 heavy (non-hydrogen) atoms. The first-order valence-electron chi connectivity index (χ1n) is 7.20. The van der Waals surface area contributed by atoms with Crippen molar-refractivity contribution in [3.63, 3.8) is 0 Å². The average molecular weight is 292 g/mol. The van der Waals surface area contributed by atoms with Crippen LogP contribution in [-0.4, -0.2) is 19.1 Å². The van der Waals surface area contributed by atoms with Crippen LogP contribution in [0.1, 0.15) is 11.3 Å². The van der Waals surface area contributed by atoms with Crippen LogP contribution in [0.2, 0.25) is 0 Å². The van der Waals surface area contributed by atoms with E-state index in [-0.39, 0.29) is 0 Å². The summed E-state index contributed by atoms with van der Waals surface area (Å²) in [5.41, 5.74) is 2.10. The predicted molar refractivity (Wildman–Crippen MR) is 84.5 cm³/mol. The molecule has 0 radical (unpaired) electrons. The fourth-order valence-corrected chi connectivity index (χ4v) is 2.75. The highest BCUT2D eigenvalue weighted by molar-refractivity contribution is 5.81. The first-order chi connectivity index (χ1) is 10.7. The molecule has 0 amide bonds. The minimum atomic E-state index is 0.642. The second kappa shape index (κ2) is 4.87. The van der Waals surface area contributed by atoms with E-state index in [1.54, 1.807) is 12.4 Å². The molecule has 0 saturated heterocycles. The lowest BCUT2D eigenvalue weighted by Crippen LogP contribution is -2.04. The summed E-state index contributed by atoms with van der Waals surface area (Å²) in [5, 5.41) is 1.16. The topological polar surface area (TPSA) is 48.8 Å². The minimum Gasteiger partial charge on any atom is -0.459 e. The summed E-state index contributed by atoms with van der Waals surface area (Å²) in [6, 6.07) is 8.11. The molecule has 0 N–H and O–H groups in total. The number of furan rings is 1. The highest BCUT2D eigenvalue weighted by atomic mass is 16.3. The molecule has 5 nitrogen and oxygen atoms in total. The fraction of sp³-hybridized carbons (Fsp3) is 0.176. The van der Waals surface area contributed by atoms with Crippen molar-refractivity contribution < 1.29 is 4.42 Å². The van der Waals surface area contributed by atoms with E-state index in [2.05, 4.69) is 27.5 Å². The number of para-hydroxylation sites is 1. The molecular weight excluding hydrogens is 276 g/mol. The Kier molecular flexibility index (Phi) is 2.85. The van der Waals surface area contributed by atoms with Crippen LogP contribution in [0.3, 0.4) is 0 Å². The van der Waals surface area contributed by atoms with Crippen LogP contribution < -0.4 is 0 Å². The Hall–Kier alpha value is -2.82. The number of aromatic nitrogens is 4. The highest BCUT2D eigenvalue weighted by Crippen LogP contribution is 2.26. The first kappa shape index (κ1) is 12.9. The summed E-state index contributed by atoms with van der Waals surface area (Å²) in [4.78, 5) is 8.81. The molecule has 0 unspecified atom stereocenters. The van der Waals surface area contributed by atoms with Gasteiger partial charge in [0, 0.05) is 42.8 Å². The quantitative estimate of drug-likeness (QED) is 0.581. The Morgan fingerprint density at radius 1 is 1.05 bits per heavy atom. The molecular formula is C17H16N4O. The zero-order valence-electron chi connectivity index (χ0n) is 12.5. The molecule has 5 heteroatoms. The first-order valence-corrected chi connectivity index (χ1v) is 7.20. The van der Waals surface area contributed by atoms with Gasteiger partial charge in [-0.3, -0.25) is 0 Å². The third-order valence-electron chi connectivity index (χ3n) is 3.99. The average Bonchev–Trinajstić information content (AvgIpc) is 3.21. The molecule has 0 aliphatic carbocycles. The maximum Gasteiger partial charge on any atom is 0.176 e. The largest absolute Gasteiger partial charge is 0.459 e. The summed E-state index contributed by atoms with van der Waals surface area (Å²) >= 11 is 0. The van der Waals surface area contributed by atoms with E-state index in [1.165, 1.54) is 5.56 Å². The van der Waals surface area contributed by atoms with Gasteiger partial charge in [-0.2, -0.15) is 0 Å². The fourth-order valence-electron chi connectivity index (χ4n) is 2.75. The number of rotatable bonds is 3. The van der Waals surface area contributed by atoms with Crippen LogP contribution in [0, 0.1) is 6.92 Å². The Labute approximate surface area is 127 Å². The van der Waals surface area contributed by atoms with Crippen molar-refractivity contribution >= 4 is 11.0 Å². The lowest BCUT2D eigenvalue weighted by molar-refractivity contribution is 0.525. The summed E-state index contributed by atoms with van der Waals surface area (Å²) in [5.74, 6) is 2.64. The second-order valence-electron chi connectivity index (χ2n) is 5.39. The number of fused-ring (bicyclic) bond motifs is 1. The second-order valence-corrected chi connectivity index (χ2v) is 5.39. The van der Waals surface area contributed by atoms with Gasteiger partial charge in [-0.15, -0.1) is 0 Å². The SMILES string of the molecule is Cc1c(Cn2ccnc2-c2nccn2C)oc2ccccc12. The van der Waals surface area contributed by atoms with Crippen LogP contribution in [0.15, 0.2) is 53.5 Å². The lowest BCUT2D eigenvalue weighted by Gasteiger charge is -2.06. The summed E-state index contributed by atoms with van der Waals surface area (Å²) in [6.45, 7) is 2.74. The minimum absolute atomic E-state index is 0.642. The van der Waals surface area contributed by atoms with Gasteiger partial charge in [0.25, 0.3) is 0 Å². The van der Waals surface area contributed by atoms with Gasteiger partial charge < -0.3 is 13.6 Å². The Bertz CT molecular complexity index is 945. The molecule has 1 aromatic carbocycles. The summed E-state index contributed by atoms with van der Waals surface area (Å²) < 4.78 is 10.0. The van der Waals surface area contributed by atoms with E-state index >= 15 is 0 Å². The van der Waals surface area contributed by atoms with Crippen LogP contribution in [0.5, 0.6) is 0 Å². The van der Waals surface area contributed by atoms with Crippen molar-refractivity contribution in [3.8, 4) is 11.6 Å². The Balaban J connectivity index is 1.76. The van der Waals surface area contributed by atoms with Gasteiger partial charge in [0.1, 0.15) is 11.3 Å². The monoisotopic (exact) mass is 292 g/mol. The Morgan fingerprint density at radius 3 is 2.59 bits per heavy atom. The van der Waals surface area contributed by atoms with Gasteiger partial charge in [-0.05, 0) is 13.0 Å². The molecule has 3 heterocycles. The van der Waals surface area contributed by atoms with Crippen molar-refractivity contribution in [3.05, 3.63) is 60.4 Å². The van der Waals surface area contributed by atoms with Crippen molar-refractivity contribution in [1.29, 1.82) is 0 Å². The van der Waals surface area contributed by atoms with Crippen LogP contribution in [-0.2, 0) is 13.6 Å². The van der Waals surface area contributed by atoms with E-state index in [4.69, 9.17) is 4.42 Å². The third-order valence-corrected chi connectivity index (χ3v) is 3.99. The number of nitrogens with zero attached hydrogens (tertiary/aromatic N) is 4. The van der Waals surface area contributed by atoms with Gasteiger partial charge in [0.05, 0.1) is 6.54 Å². The normalized spacial score (nSPS) is 11.4. The number of hydrogen-bond donors (Lipinski definition) is 0.